The molecule has 0 saturated carbocycles. The van der Waals surface area contributed by atoms with E-state index in [9.17, 15) is 4.79 Å². The molecule has 0 aliphatic rings. The van der Waals surface area contributed by atoms with Gasteiger partial charge in [-0.1, -0.05) is 6.92 Å². The number of hydrogen-bond donors (Lipinski definition) is 1. The molecule has 0 atom stereocenters. The number of hydrogen-bond acceptors (Lipinski definition) is 4. The monoisotopic (exact) mass is 231 g/mol. The SMILES string of the molecule is CCCC(=O)Nc1cnc(-n2cccn2)nc1. The minimum Gasteiger partial charge on any atom is -0.323 e. The van der Waals surface area contributed by atoms with Gasteiger partial charge < -0.3 is 5.32 Å². The fraction of sp³-hybridized carbons (Fsp3) is 0.273. The van der Waals surface area contributed by atoms with Crippen molar-refractivity contribution in [2.24, 2.45) is 0 Å². The molecule has 0 fully saturated rings. The lowest BCUT2D eigenvalue weighted by Crippen LogP contribution is -2.11. The zero-order valence-corrected chi connectivity index (χ0v) is 9.50. The summed E-state index contributed by atoms with van der Waals surface area (Å²) in [6.45, 7) is 1.96. The molecule has 88 valence electrons. The lowest BCUT2D eigenvalue weighted by molar-refractivity contribution is -0.116. The predicted molar refractivity (Wildman–Crippen MR) is 62.7 cm³/mol. The normalized spacial score (nSPS) is 10.2. The quantitative estimate of drug-likeness (QED) is 0.863. The van der Waals surface area contributed by atoms with Crippen molar-refractivity contribution in [2.45, 2.75) is 19.8 Å². The molecule has 0 bridgehead atoms. The number of nitrogens with one attached hydrogen (secondary N) is 1. The minimum absolute atomic E-state index is 0.0251. The van der Waals surface area contributed by atoms with Crippen LogP contribution in [0.25, 0.3) is 5.95 Å². The van der Waals surface area contributed by atoms with Gasteiger partial charge in [0.05, 0.1) is 18.1 Å². The van der Waals surface area contributed by atoms with Crippen LogP contribution in [0.3, 0.4) is 0 Å². The van der Waals surface area contributed by atoms with Crippen molar-refractivity contribution in [2.75, 3.05) is 5.32 Å². The van der Waals surface area contributed by atoms with Crippen LogP contribution in [0.5, 0.6) is 0 Å². The standard InChI is InChI=1S/C11H13N5O/c1-2-4-10(17)15-9-7-12-11(13-8-9)16-6-3-5-14-16/h3,5-8H,2,4H2,1H3,(H,15,17). The van der Waals surface area contributed by atoms with Gasteiger partial charge >= 0.3 is 0 Å². The van der Waals surface area contributed by atoms with Crippen molar-refractivity contribution in [3.8, 4) is 5.95 Å². The lowest BCUT2D eigenvalue weighted by Gasteiger charge is -2.04. The van der Waals surface area contributed by atoms with E-state index < -0.39 is 0 Å². The Morgan fingerprint density at radius 2 is 2.18 bits per heavy atom. The first kappa shape index (κ1) is 11.3. The van der Waals surface area contributed by atoms with Crippen LogP contribution in [0, 0.1) is 0 Å². The molecule has 17 heavy (non-hydrogen) atoms. The third-order valence-corrected chi connectivity index (χ3v) is 2.11. The topological polar surface area (TPSA) is 72.7 Å². The Morgan fingerprint density at radius 3 is 2.76 bits per heavy atom. The maximum Gasteiger partial charge on any atom is 0.250 e. The number of nitrogens with zero attached hydrogens (tertiary/aromatic N) is 4. The molecule has 1 amide bonds. The Morgan fingerprint density at radius 1 is 1.41 bits per heavy atom. The van der Waals surface area contributed by atoms with Crippen molar-refractivity contribution < 1.29 is 4.79 Å². The smallest absolute Gasteiger partial charge is 0.250 e. The van der Waals surface area contributed by atoms with Crippen molar-refractivity contribution in [1.82, 2.24) is 19.7 Å². The molecular weight excluding hydrogens is 218 g/mol. The van der Waals surface area contributed by atoms with E-state index >= 15 is 0 Å². The maximum atomic E-state index is 11.3. The van der Waals surface area contributed by atoms with E-state index in [1.807, 2.05) is 6.92 Å². The summed E-state index contributed by atoms with van der Waals surface area (Å²) in [6, 6.07) is 1.79. The highest BCUT2D eigenvalue weighted by molar-refractivity contribution is 5.90. The number of aromatic nitrogens is 4. The van der Waals surface area contributed by atoms with Crippen LogP contribution in [-0.2, 0) is 4.79 Å². The average Bonchev–Trinajstić information content (AvgIpc) is 2.84. The molecule has 0 saturated heterocycles. The van der Waals surface area contributed by atoms with Crippen LogP contribution in [-0.4, -0.2) is 25.7 Å². The van der Waals surface area contributed by atoms with E-state index in [1.54, 1.807) is 35.5 Å². The second kappa shape index (κ2) is 5.20. The summed E-state index contributed by atoms with van der Waals surface area (Å²) in [4.78, 5) is 19.6. The van der Waals surface area contributed by atoms with Gasteiger partial charge in [-0.3, -0.25) is 4.79 Å². The highest BCUT2D eigenvalue weighted by Gasteiger charge is 2.03. The van der Waals surface area contributed by atoms with Gasteiger partial charge in [-0.05, 0) is 12.5 Å². The van der Waals surface area contributed by atoms with Crippen LogP contribution in [0.4, 0.5) is 5.69 Å². The zero-order valence-electron chi connectivity index (χ0n) is 9.50. The summed E-state index contributed by atoms with van der Waals surface area (Å²) in [5.74, 6) is 0.450. The van der Waals surface area contributed by atoms with Gasteiger partial charge in [0.2, 0.25) is 5.91 Å². The van der Waals surface area contributed by atoms with E-state index in [-0.39, 0.29) is 5.91 Å². The molecule has 2 rings (SSSR count). The first-order chi connectivity index (χ1) is 8.29. The molecule has 1 N–H and O–H groups in total. The second-order valence-electron chi connectivity index (χ2n) is 3.52. The third kappa shape index (κ3) is 2.87. The fourth-order valence-corrected chi connectivity index (χ4v) is 1.34. The van der Waals surface area contributed by atoms with Crippen molar-refractivity contribution in [3.05, 3.63) is 30.9 Å². The van der Waals surface area contributed by atoms with Crippen LogP contribution in [0.2, 0.25) is 0 Å². The Hall–Kier alpha value is -2.24. The molecule has 0 aromatic carbocycles. The molecule has 6 nitrogen and oxygen atoms in total. The molecule has 0 aliphatic carbocycles. The summed E-state index contributed by atoms with van der Waals surface area (Å²) in [6.07, 6.45) is 7.86. The largest absolute Gasteiger partial charge is 0.323 e. The second-order valence-corrected chi connectivity index (χ2v) is 3.52. The van der Waals surface area contributed by atoms with Gasteiger partial charge in [-0.15, -0.1) is 0 Å². The van der Waals surface area contributed by atoms with Crippen molar-refractivity contribution in [1.29, 1.82) is 0 Å². The van der Waals surface area contributed by atoms with E-state index in [4.69, 9.17) is 0 Å². The van der Waals surface area contributed by atoms with E-state index in [2.05, 4.69) is 20.4 Å². The van der Waals surface area contributed by atoms with Gasteiger partial charge in [0.15, 0.2) is 0 Å². The highest BCUT2D eigenvalue weighted by atomic mass is 16.1. The predicted octanol–water partition coefficient (Wildman–Crippen LogP) is 1.40. The molecule has 0 aliphatic heterocycles. The Bertz CT molecular complexity index is 477. The Labute approximate surface area is 98.7 Å². The lowest BCUT2D eigenvalue weighted by atomic mass is 10.3. The van der Waals surface area contributed by atoms with Crippen LogP contribution >= 0.6 is 0 Å². The average molecular weight is 231 g/mol. The van der Waals surface area contributed by atoms with E-state index in [0.717, 1.165) is 6.42 Å². The number of rotatable bonds is 4. The fourth-order valence-electron chi connectivity index (χ4n) is 1.34. The summed E-state index contributed by atoms with van der Waals surface area (Å²) in [7, 11) is 0. The number of amides is 1. The van der Waals surface area contributed by atoms with Gasteiger partial charge in [-0.25, -0.2) is 14.6 Å². The molecule has 0 spiro atoms. The van der Waals surface area contributed by atoms with Gasteiger partial charge in [0.25, 0.3) is 5.95 Å². The molecule has 0 unspecified atom stereocenters. The summed E-state index contributed by atoms with van der Waals surface area (Å²) >= 11 is 0. The molecular formula is C11H13N5O. The van der Waals surface area contributed by atoms with E-state index in [1.165, 1.54) is 0 Å². The molecule has 0 radical (unpaired) electrons. The molecule has 2 aromatic rings. The van der Waals surface area contributed by atoms with Crippen LogP contribution in [0.15, 0.2) is 30.9 Å². The first-order valence-corrected chi connectivity index (χ1v) is 5.41. The van der Waals surface area contributed by atoms with Crippen molar-refractivity contribution in [3.63, 3.8) is 0 Å². The number of carbonyl (C=O) groups is 1. The third-order valence-electron chi connectivity index (χ3n) is 2.11. The minimum atomic E-state index is -0.0251. The van der Waals surface area contributed by atoms with E-state index in [0.29, 0.717) is 18.1 Å². The van der Waals surface area contributed by atoms with Gasteiger partial charge in [0.1, 0.15) is 0 Å². The zero-order chi connectivity index (χ0) is 12.1. The van der Waals surface area contributed by atoms with Gasteiger partial charge in [0, 0.05) is 18.8 Å². The summed E-state index contributed by atoms with van der Waals surface area (Å²) in [5.41, 5.74) is 0.597. The first-order valence-electron chi connectivity index (χ1n) is 5.41. The van der Waals surface area contributed by atoms with Crippen LogP contribution < -0.4 is 5.32 Å². The maximum absolute atomic E-state index is 11.3. The molecule has 2 heterocycles. The summed E-state index contributed by atoms with van der Waals surface area (Å²) < 4.78 is 1.55. The Balaban J connectivity index is 2.06. The Kier molecular flexibility index (Phi) is 3.44. The molecule has 2 aromatic heterocycles. The number of carbonyl (C=O) groups excluding carboxylic acids is 1. The molecule has 6 heteroatoms. The number of anilines is 1. The van der Waals surface area contributed by atoms with Gasteiger partial charge in [-0.2, -0.15) is 5.10 Å². The summed E-state index contributed by atoms with van der Waals surface area (Å²) in [5, 5.41) is 6.73. The van der Waals surface area contributed by atoms with Crippen molar-refractivity contribution >= 4 is 11.6 Å². The highest BCUT2D eigenvalue weighted by Crippen LogP contribution is 2.06. The van der Waals surface area contributed by atoms with Crippen LogP contribution in [0.1, 0.15) is 19.8 Å².